The minimum atomic E-state index is -0.0266. The average molecular weight is 420 g/mol. The number of fused-ring (bicyclic) bond motifs is 2. The standard InChI is InChI=1S/C23H21N3OS2/c27-22-20-17(14-4-2-1-3-5-14)13-29-23(20)25-19(24-22)12-26-10-8-18-16(9-11-28-18)21(26)15-6-7-15/h1-5,9,11,13,15,21H,6-8,10,12H2,(H,24,25,27)/t21-/m0/s1. The van der Waals surface area contributed by atoms with Gasteiger partial charge in [0.2, 0.25) is 0 Å². The number of thiophene rings is 2. The Hall–Kier alpha value is -2.28. The number of hydrogen-bond acceptors (Lipinski definition) is 5. The van der Waals surface area contributed by atoms with E-state index in [2.05, 4.69) is 26.7 Å². The molecular weight excluding hydrogens is 398 g/mol. The molecule has 1 aromatic carbocycles. The molecule has 1 aliphatic heterocycles. The number of H-pyrrole nitrogens is 1. The number of aromatic amines is 1. The lowest BCUT2D eigenvalue weighted by molar-refractivity contribution is 0.154. The van der Waals surface area contributed by atoms with Crippen molar-refractivity contribution in [1.29, 1.82) is 0 Å². The third-order valence-electron chi connectivity index (χ3n) is 6.12. The first-order chi connectivity index (χ1) is 14.3. The molecule has 1 atom stereocenters. The van der Waals surface area contributed by atoms with Crippen LogP contribution in [0.25, 0.3) is 21.3 Å². The summed E-state index contributed by atoms with van der Waals surface area (Å²) in [5.41, 5.74) is 3.52. The largest absolute Gasteiger partial charge is 0.309 e. The Morgan fingerprint density at radius 1 is 1.14 bits per heavy atom. The van der Waals surface area contributed by atoms with Crippen LogP contribution in [0.15, 0.2) is 52.0 Å². The lowest BCUT2D eigenvalue weighted by Gasteiger charge is -2.35. The fraction of sp³-hybridized carbons (Fsp3) is 0.304. The smallest absolute Gasteiger partial charge is 0.260 e. The molecule has 1 aliphatic carbocycles. The van der Waals surface area contributed by atoms with E-state index in [4.69, 9.17) is 4.98 Å². The van der Waals surface area contributed by atoms with Gasteiger partial charge >= 0.3 is 0 Å². The number of rotatable bonds is 4. The van der Waals surface area contributed by atoms with Gasteiger partial charge in [0.15, 0.2) is 0 Å². The van der Waals surface area contributed by atoms with Crippen LogP contribution in [0.1, 0.15) is 35.1 Å². The average Bonchev–Trinajstić information content (AvgIpc) is 3.29. The lowest BCUT2D eigenvalue weighted by Crippen LogP contribution is -2.36. The monoisotopic (exact) mass is 419 g/mol. The van der Waals surface area contributed by atoms with Crippen LogP contribution in [0, 0.1) is 5.92 Å². The summed E-state index contributed by atoms with van der Waals surface area (Å²) in [7, 11) is 0. The van der Waals surface area contributed by atoms with Crippen LogP contribution in [0.4, 0.5) is 0 Å². The topological polar surface area (TPSA) is 49.0 Å². The van der Waals surface area contributed by atoms with Gasteiger partial charge in [-0.1, -0.05) is 30.3 Å². The van der Waals surface area contributed by atoms with Gasteiger partial charge in [0, 0.05) is 28.4 Å². The van der Waals surface area contributed by atoms with Crippen LogP contribution < -0.4 is 5.56 Å². The summed E-state index contributed by atoms with van der Waals surface area (Å²) in [6.45, 7) is 1.75. The molecule has 0 radical (unpaired) electrons. The van der Waals surface area contributed by atoms with E-state index in [1.807, 2.05) is 41.7 Å². The minimum Gasteiger partial charge on any atom is -0.309 e. The van der Waals surface area contributed by atoms with Gasteiger partial charge in [-0.15, -0.1) is 22.7 Å². The van der Waals surface area contributed by atoms with Crippen molar-refractivity contribution in [3.8, 4) is 11.1 Å². The number of hydrogen-bond donors (Lipinski definition) is 1. The van der Waals surface area contributed by atoms with E-state index in [0.717, 1.165) is 40.7 Å². The Labute approximate surface area is 176 Å². The molecule has 3 aromatic heterocycles. The van der Waals surface area contributed by atoms with Crippen molar-refractivity contribution >= 4 is 32.9 Å². The molecule has 6 heteroatoms. The summed E-state index contributed by atoms with van der Waals surface area (Å²) >= 11 is 3.45. The molecular formula is C23H21N3OS2. The molecule has 4 aromatic rings. The van der Waals surface area contributed by atoms with E-state index in [0.29, 0.717) is 18.0 Å². The predicted octanol–water partition coefficient (Wildman–Crippen LogP) is 5.22. The summed E-state index contributed by atoms with van der Waals surface area (Å²) in [6, 6.07) is 12.9. The highest BCUT2D eigenvalue weighted by molar-refractivity contribution is 7.17. The van der Waals surface area contributed by atoms with Crippen LogP contribution in [-0.4, -0.2) is 21.4 Å². The van der Waals surface area contributed by atoms with Crippen molar-refractivity contribution in [2.45, 2.75) is 31.8 Å². The first-order valence-electron chi connectivity index (χ1n) is 10.1. The van der Waals surface area contributed by atoms with Crippen LogP contribution in [0.5, 0.6) is 0 Å². The highest BCUT2D eigenvalue weighted by Gasteiger charge is 2.40. The fourth-order valence-electron chi connectivity index (χ4n) is 4.63. The predicted molar refractivity (Wildman–Crippen MR) is 120 cm³/mol. The van der Waals surface area contributed by atoms with Gasteiger partial charge in [-0.25, -0.2) is 4.98 Å². The van der Waals surface area contributed by atoms with Gasteiger partial charge in [0.05, 0.1) is 11.9 Å². The molecule has 146 valence electrons. The van der Waals surface area contributed by atoms with Crippen molar-refractivity contribution in [3.05, 3.63) is 73.8 Å². The fourth-order valence-corrected chi connectivity index (χ4v) is 6.51. The molecule has 0 amide bonds. The summed E-state index contributed by atoms with van der Waals surface area (Å²) in [5.74, 6) is 1.54. The van der Waals surface area contributed by atoms with Crippen LogP contribution in [0.2, 0.25) is 0 Å². The normalized spacial score (nSPS) is 19.5. The van der Waals surface area contributed by atoms with Crippen molar-refractivity contribution in [2.24, 2.45) is 5.92 Å². The van der Waals surface area contributed by atoms with Crippen molar-refractivity contribution < 1.29 is 0 Å². The molecule has 4 heterocycles. The molecule has 29 heavy (non-hydrogen) atoms. The SMILES string of the molecule is O=c1[nH]c(CN2CCc3sccc3[C@@H]2C2CC2)nc2scc(-c3ccccc3)c12. The molecule has 2 aliphatic rings. The zero-order chi connectivity index (χ0) is 19.4. The van der Waals surface area contributed by atoms with E-state index in [1.54, 1.807) is 16.2 Å². The summed E-state index contributed by atoms with van der Waals surface area (Å²) < 4.78 is 0. The van der Waals surface area contributed by atoms with E-state index < -0.39 is 0 Å². The second-order valence-electron chi connectivity index (χ2n) is 8.01. The van der Waals surface area contributed by atoms with Crippen LogP contribution in [-0.2, 0) is 13.0 Å². The summed E-state index contributed by atoms with van der Waals surface area (Å²) in [6.07, 6.45) is 3.72. The first-order valence-corrected chi connectivity index (χ1v) is 11.9. The van der Waals surface area contributed by atoms with Gasteiger partial charge in [-0.3, -0.25) is 9.69 Å². The van der Waals surface area contributed by atoms with Crippen LogP contribution >= 0.6 is 22.7 Å². The molecule has 6 rings (SSSR count). The molecule has 0 spiro atoms. The van der Waals surface area contributed by atoms with E-state index in [1.165, 1.54) is 18.4 Å². The molecule has 0 saturated heterocycles. The molecule has 4 nitrogen and oxygen atoms in total. The van der Waals surface area contributed by atoms with E-state index in [-0.39, 0.29) is 5.56 Å². The van der Waals surface area contributed by atoms with Crippen molar-refractivity contribution in [3.63, 3.8) is 0 Å². The maximum absolute atomic E-state index is 13.0. The van der Waals surface area contributed by atoms with Gasteiger partial charge in [0.25, 0.3) is 5.56 Å². The number of nitrogens with one attached hydrogen (secondary N) is 1. The van der Waals surface area contributed by atoms with Crippen LogP contribution in [0.3, 0.4) is 0 Å². The quantitative estimate of drug-likeness (QED) is 0.493. The zero-order valence-corrected chi connectivity index (χ0v) is 17.6. The van der Waals surface area contributed by atoms with Gasteiger partial charge < -0.3 is 4.98 Å². The van der Waals surface area contributed by atoms with Crippen molar-refractivity contribution in [1.82, 2.24) is 14.9 Å². The molecule has 1 N–H and O–H groups in total. The van der Waals surface area contributed by atoms with Gasteiger partial charge in [0.1, 0.15) is 10.7 Å². The number of benzene rings is 1. The zero-order valence-electron chi connectivity index (χ0n) is 15.9. The van der Waals surface area contributed by atoms with E-state index >= 15 is 0 Å². The third kappa shape index (κ3) is 3.06. The Kier molecular flexibility index (Phi) is 4.18. The summed E-state index contributed by atoms with van der Waals surface area (Å²) in [5, 5.41) is 4.99. The lowest BCUT2D eigenvalue weighted by atomic mass is 9.96. The second-order valence-corrected chi connectivity index (χ2v) is 9.87. The third-order valence-corrected chi connectivity index (χ3v) is 7.99. The molecule has 0 unspecified atom stereocenters. The second kappa shape index (κ2) is 6.90. The molecule has 0 bridgehead atoms. The Morgan fingerprint density at radius 3 is 2.83 bits per heavy atom. The Morgan fingerprint density at radius 2 is 2.00 bits per heavy atom. The van der Waals surface area contributed by atoms with E-state index in [9.17, 15) is 4.79 Å². The Bertz CT molecular complexity index is 1240. The highest BCUT2D eigenvalue weighted by Crippen LogP contribution is 2.48. The molecule has 1 fully saturated rings. The number of aromatic nitrogens is 2. The highest BCUT2D eigenvalue weighted by atomic mass is 32.1. The maximum Gasteiger partial charge on any atom is 0.260 e. The van der Waals surface area contributed by atoms with Gasteiger partial charge in [-0.05, 0) is 47.8 Å². The Balaban J connectivity index is 1.35. The minimum absolute atomic E-state index is 0.0266. The summed E-state index contributed by atoms with van der Waals surface area (Å²) in [4.78, 5) is 25.8. The van der Waals surface area contributed by atoms with Crippen molar-refractivity contribution in [2.75, 3.05) is 6.54 Å². The first kappa shape index (κ1) is 17.6. The van der Waals surface area contributed by atoms with Gasteiger partial charge in [-0.2, -0.15) is 0 Å². The molecule has 1 saturated carbocycles. The number of nitrogens with zero attached hydrogens (tertiary/aromatic N) is 2. The maximum atomic E-state index is 13.0.